The zero-order chi connectivity index (χ0) is 13.6. The van der Waals surface area contributed by atoms with E-state index in [2.05, 4.69) is 6.92 Å². The van der Waals surface area contributed by atoms with Crippen LogP contribution in [-0.2, 0) is 4.79 Å². The summed E-state index contributed by atoms with van der Waals surface area (Å²) in [6.07, 6.45) is 12.4. The predicted molar refractivity (Wildman–Crippen MR) is 81.0 cm³/mol. The Morgan fingerprint density at radius 1 is 0.944 bits per heavy atom. The van der Waals surface area contributed by atoms with Crippen molar-refractivity contribution in [2.75, 3.05) is 5.75 Å². The molecule has 0 radical (unpaired) electrons. The molecule has 18 heavy (non-hydrogen) atoms. The Balaban J connectivity index is 3.05. The highest BCUT2D eigenvalue weighted by Gasteiger charge is 2.08. The first-order valence-corrected chi connectivity index (χ1v) is 8.51. The van der Waals surface area contributed by atoms with Gasteiger partial charge in [0.2, 0.25) is 5.12 Å². The molecule has 0 aliphatic heterocycles. The molecule has 0 aromatic heterocycles. The third kappa shape index (κ3) is 12.4. The molecule has 0 saturated heterocycles. The normalized spacial score (nSPS) is 12.6. The molecule has 2 nitrogen and oxygen atoms in total. The average Bonchev–Trinajstić information content (AvgIpc) is 2.35. The van der Waals surface area contributed by atoms with Gasteiger partial charge < -0.3 is 5.11 Å². The highest BCUT2D eigenvalue weighted by molar-refractivity contribution is 8.13. The molecule has 108 valence electrons. The molecule has 0 bridgehead atoms. The molecule has 1 unspecified atom stereocenters. The number of aliphatic hydroxyl groups is 1. The third-order valence-electron chi connectivity index (χ3n) is 3.08. The van der Waals surface area contributed by atoms with Gasteiger partial charge in [-0.25, -0.2) is 0 Å². The molecule has 0 rings (SSSR count). The van der Waals surface area contributed by atoms with Gasteiger partial charge in [0.05, 0.1) is 0 Å². The molecule has 0 amide bonds. The minimum Gasteiger partial charge on any atom is -0.385 e. The van der Waals surface area contributed by atoms with Crippen molar-refractivity contribution in [2.24, 2.45) is 0 Å². The lowest BCUT2D eigenvalue weighted by molar-refractivity contribution is -0.117. The largest absolute Gasteiger partial charge is 0.385 e. The van der Waals surface area contributed by atoms with Gasteiger partial charge in [0, 0.05) is 5.75 Å². The number of carbonyl (C=O) groups is 1. The molecular formula is C15H30O2S. The van der Waals surface area contributed by atoms with Crippen LogP contribution >= 0.6 is 11.8 Å². The van der Waals surface area contributed by atoms with Gasteiger partial charge in [-0.15, -0.1) is 0 Å². The Kier molecular flexibility index (Phi) is 13.4. The van der Waals surface area contributed by atoms with Crippen LogP contribution in [0.4, 0.5) is 0 Å². The second-order valence-electron chi connectivity index (χ2n) is 5.03. The Hall–Kier alpha value is -0.0200. The van der Waals surface area contributed by atoms with E-state index in [4.69, 9.17) is 5.11 Å². The van der Waals surface area contributed by atoms with Gasteiger partial charge in [-0.1, -0.05) is 76.5 Å². The van der Waals surface area contributed by atoms with Crippen LogP contribution in [0.15, 0.2) is 0 Å². The van der Waals surface area contributed by atoms with Crippen molar-refractivity contribution in [3.8, 4) is 0 Å². The lowest BCUT2D eigenvalue weighted by atomic mass is 10.1. The van der Waals surface area contributed by atoms with Crippen molar-refractivity contribution in [3.63, 3.8) is 0 Å². The van der Waals surface area contributed by atoms with Gasteiger partial charge in [0.1, 0.15) is 6.10 Å². The Morgan fingerprint density at radius 3 is 1.83 bits per heavy atom. The third-order valence-corrected chi connectivity index (χ3v) is 4.20. The van der Waals surface area contributed by atoms with Gasteiger partial charge in [-0.05, 0) is 13.3 Å². The van der Waals surface area contributed by atoms with Gasteiger partial charge in [0.25, 0.3) is 0 Å². The predicted octanol–water partition coefficient (Wildman–Crippen LogP) is 4.55. The molecule has 0 fully saturated rings. The maximum absolute atomic E-state index is 11.1. The summed E-state index contributed by atoms with van der Waals surface area (Å²) < 4.78 is 0. The van der Waals surface area contributed by atoms with E-state index in [1.54, 1.807) is 0 Å². The highest BCUT2D eigenvalue weighted by Crippen LogP contribution is 2.13. The van der Waals surface area contributed by atoms with Gasteiger partial charge in [0.15, 0.2) is 0 Å². The van der Waals surface area contributed by atoms with Crippen LogP contribution in [0.3, 0.4) is 0 Å². The zero-order valence-corrected chi connectivity index (χ0v) is 12.9. The summed E-state index contributed by atoms with van der Waals surface area (Å²) >= 11 is 1.27. The lowest BCUT2D eigenvalue weighted by Gasteiger charge is -2.03. The molecule has 0 aromatic carbocycles. The second kappa shape index (κ2) is 13.4. The summed E-state index contributed by atoms with van der Waals surface area (Å²) in [6.45, 7) is 3.79. The summed E-state index contributed by atoms with van der Waals surface area (Å²) in [7, 11) is 0. The molecule has 0 aliphatic carbocycles. The fourth-order valence-corrected chi connectivity index (χ4v) is 2.67. The van der Waals surface area contributed by atoms with Crippen molar-refractivity contribution in [3.05, 3.63) is 0 Å². The van der Waals surface area contributed by atoms with Crippen molar-refractivity contribution in [1.82, 2.24) is 0 Å². The number of hydrogen-bond acceptors (Lipinski definition) is 3. The maximum atomic E-state index is 11.1. The molecule has 0 aromatic rings. The summed E-state index contributed by atoms with van der Waals surface area (Å²) in [5, 5.41) is 8.92. The van der Waals surface area contributed by atoms with E-state index in [-0.39, 0.29) is 5.12 Å². The Bertz CT molecular complexity index is 193. The Morgan fingerprint density at radius 2 is 1.39 bits per heavy atom. The van der Waals surface area contributed by atoms with Crippen molar-refractivity contribution < 1.29 is 9.90 Å². The van der Waals surface area contributed by atoms with Gasteiger partial charge in [-0.2, -0.15) is 0 Å². The SMILES string of the molecule is CCCCCCCCCCCCSC(=O)C(C)O. The van der Waals surface area contributed by atoms with E-state index in [1.807, 2.05) is 0 Å². The van der Waals surface area contributed by atoms with Crippen LogP contribution in [0.1, 0.15) is 78.1 Å². The Labute approximate surface area is 117 Å². The van der Waals surface area contributed by atoms with Crippen molar-refractivity contribution in [1.29, 1.82) is 0 Å². The van der Waals surface area contributed by atoms with E-state index < -0.39 is 6.10 Å². The van der Waals surface area contributed by atoms with Gasteiger partial charge in [-0.3, -0.25) is 4.79 Å². The first-order valence-electron chi connectivity index (χ1n) is 7.53. The van der Waals surface area contributed by atoms with Crippen LogP contribution in [0.2, 0.25) is 0 Å². The van der Waals surface area contributed by atoms with Crippen molar-refractivity contribution >= 4 is 16.9 Å². The number of aliphatic hydroxyl groups excluding tert-OH is 1. The zero-order valence-electron chi connectivity index (χ0n) is 12.1. The van der Waals surface area contributed by atoms with Crippen LogP contribution in [0, 0.1) is 0 Å². The molecule has 0 saturated carbocycles. The van der Waals surface area contributed by atoms with Crippen LogP contribution < -0.4 is 0 Å². The summed E-state index contributed by atoms with van der Waals surface area (Å²) in [4.78, 5) is 11.1. The molecule has 0 heterocycles. The number of thioether (sulfide) groups is 1. The average molecular weight is 274 g/mol. The van der Waals surface area contributed by atoms with E-state index >= 15 is 0 Å². The minimum absolute atomic E-state index is 0.0917. The monoisotopic (exact) mass is 274 g/mol. The molecular weight excluding hydrogens is 244 g/mol. The van der Waals surface area contributed by atoms with Crippen LogP contribution in [0.5, 0.6) is 0 Å². The molecule has 1 N–H and O–H groups in total. The topological polar surface area (TPSA) is 37.3 Å². The molecule has 3 heteroatoms. The molecule has 0 spiro atoms. The van der Waals surface area contributed by atoms with Crippen molar-refractivity contribution in [2.45, 2.75) is 84.2 Å². The fourth-order valence-electron chi connectivity index (χ4n) is 1.88. The lowest BCUT2D eigenvalue weighted by Crippen LogP contribution is -2.12. The number of carbonyl (C=O) groups excluding carboxylic acids is 1. The first-order chi connectivity index (χ1) is 8.68. The summed E-state index contributed by atoms with van der Waals surface area (Å²) in [5.74, 6) is 0.861. The standard InChI is InChI=1S/C15H30O2S/c1-3-4-5-6-7-8-9-10-11-12-13-18-15(17)14(2)16/h14,16H,3-13H2,1-2H3. The number of unbranched alkanes of at least 4 members (excludes halogenated alkanes) is 9. The van der Waals surface area contributed by atoms with Crippen LogP contribution in [-0.4, -0.2) is 22.1 Å². The van der Waals surface area contributed by atoms with E-state index in [1.165, 1.54) is 76.5 Å². The van der Waals surface area contributed by atoms with E-state index in [0.717, 1.165) is 12.2 Å². The highest BCUT2D eigenvalue weighted by atomic mass is 32.2. The van der Waals surface area contributed by atoms with Crippen LogP contribution in [0.25, 0.3) is 0 Å². The quantitative estimate of drug-likeness (QED) is 0.531. The smallest absolute Gasteiger partial charge is 0.217 e. The molecule has 1 atom stereocenters. The summed E-state index contributed by atoms with van der Waals surface area (Å²) in [6, 6.07) is 0. The van der Waals surface area contributed by atoms with E-state index in [0.29, 0.717) is 0 Å². The maximum Gasteiger partial charge on any atom is 0.217 e. The summed E-state index contributed by atoms with van der Waals surface area (Å²) in [5.41, 5.74) is 0. The van der Waals surface area contributed by atoms with Gasteiger partial charge >= 0.3 is 0 Å². The molecule has 0 aliphatic rings. The number of hydrogen-bond donors (Lipinski definition) is 1. The fraction of sp³-hybridized carbons (Fsp3) is 0.933. The van der Waals surface area contributed by atoms with E-state index in [9.17, 15) is 4.79 Å². The number of rotatable bonds is 12. The first kappa shape index (κ1) is 18.0. The minimum atomic E-state index is -0.807. The second-order valence-corrected chi connectivity index (χ2v) is 6.12.